The molecule has 84 valence electrons. The van der Waals surface area contributed by atoms with Gasteiger partial charge in [0.25, 0.3) is 10.2 Å². The van der Waals surface area contributed by atoms with Crippen molar-refractivity contribution in [3.63, 3.8) is 0 Å². The number of nitrogens with zero attached hydrogens (tertiary/aromatic N) is 1. The van der Waals surface area contributed by atoms with Gasteiger partial charge >= 0.3 is 0 Å². The molecule has 1 saturated heterocycles. The first-order valence-electron chi connectivity index (χ1n) is 5.27. The summed E-state index contributed by atoms with van der Waals surface area (Å²) in [7, 11) is -3.20. The van der Waals surface area contributed by atoms with Crippen molar-refractivity contribution in [1.29, 1.82) is 0 Å². The molecule has 0 unspecified atom stereocenters. The molecule has 0 aromatic carbocycles. The Kier molecular flexibility index (Phi) is 4.34. The summed E-state index contributed by atoms with van der Waals surface area (Å²) in [5.74, 6) is 0.356. The van der Waals surface area contributed by atoms with Crippen molar-refractivity contribution in [2.75, 3.05) is 19.6 Å². The first kappa shape index (κ1) is 11.9. The van der Waals surface area contributed by atoms with Crippen molar-refractivity contribution in [2.24, 2.45) is 5.92 Å². The molecule has 14 heavy (non-hydrogen) atoms. The summed E-state index contributed by atoms with van der Waals surface area (Å²) in [6, 6.07) is 0. The molecule has 0 spiro atoms. The SMILES string of the molecule is CC(C)CNS(=O)(=O)N1CCCCC1. The molecular formula is C9H20N2O2S. The fraction of sp³-hybridized carbons (Fsp3) is 1.00. The van der Waals surface area contributed by atoms with Crippen LogP contribution in [0.25, 0.3) is 0 Å². The Hall–Kier alpha value is -0.130. The van der Waals surface area contributed by atoms with Crippen molar-refractivity contribution in [3.05, 3.63) is 0 Å². The predicted octanol–water partition coefficient (Wildman–Crippen LogP) is 0.963. The van der Waals surface area contributed by atoms with Crippen LogP contribution in [0.4, 0.5) is 0 Å². The maximum absolute atomic E-state index is 11.7. The molecular weight excluding hydrogens is 200 g/mol. The molecule has 0 aliphatic carbocycles. The lowest BCUT2D eigenvalue weighted by molar-refractivity contribution is 0.340. The van der Waals surface area contributed by atoms with E-state index >= 15 is 0 Å². The van der Waals surface area contributed by atoms with Gasteiger partial charge in [0.15, 0.2) is 0 Å². The third-order valence-electron chi connectivity index (χ3n) is 2.33. The molecule has 0 radical (unpaired) electrons. The van der Waals surface area contributed by atoms with Gasteiger partial charge in [-0.1, -0.05) is 20.3 Å². The number of piperidine rings is 1. The van der Waals surface area contributed by atoms with E-state index in [-0.39, 0.29) is 0 Å². The lowest BCUT2D eigenvalue weighted by Crippen LogP contribution is -2.44. The Labute approximate surface area is 86.9 Å². The van der Waals surface area contributed by atoms with Crippen LogP contribution in [0, 0.1) is 5.92 Å². The molecule has 1 fully saturated rings. The molecule has 0 aromatic rings. The van der Waals surface area contributed by atoms with Gasteiger partial charge in [-0.2, -0.15) is 12.7 Å². The molecule has 0 amide bonds. The number of nitrogens with one attached hydrogen (secondary N) is 1. The smallest absolute Gasteiger partial charge is 0.202 e. The van der Waals surface area contributed by atoms with E-state index in [0.29, 0.717) is 25.6 Å². The van der Waals surface area contributed by atoms with Gasteiger partial charge < -0.3 is 0 Å². The normalized spacial score (nSPS) is 20.2. The lowest BCUT2D eigenvalue weighted by atomic mass is 10.2. The van der Waals surface area contributed by atoms with Crippen molar-refractivity contribution < 1.29 is 8.42 Å². The summed E-state index contributed by atoms with van der Waals surface area (Å²) in [4.78, 5) is 0. The average Bonchev–Trinajstić information content (AvgIpc) is 2.16. The molecule has 5 heteroatoms. The Bertz CT molecular complexity index is 256. The second-order valence-electron chi connectivity index (χ2n) is 4.21. The van der Waals surface area contributed by atoms with E-state index in [4.69, 9.17) is 0 Å². The van der Waals surface area contributed by atoms with E-state index in [9.17, 15) is 8.42 Å². The predicted molar refractivity (Wildman–Crippen MR) is 57.2 cm³/mol. The lowest BCUT2D eigenvalue weighted by Gasteiger charge is -2.26. The van der Waals surface area contributed by atoms with Crippen LogP contribution in [0.2, 0.25) is 0 Å². The summed E-state index contributed by atoms with van der Waals surface area (Å²) in [6.07, 6.45) is 3.13. The van der Waals surface area contributed by atoms with E-state index in [2.05, 4.69) is 4.72 Å². The first-order valence-corrected chi connectivity index (χ1v) is 6.71. The van der Waals surface area contributed by atoms with E-state index in [1.54, 1.807) is 4.31 Å². The van der Waals surface area contributed by atoms with Crippen molar-refractivity contribution in [3.8, 4) is 0 Å². The standard InChI is InChI=1S/C9H20N2O2S/c1-9(2)8-10-14(12,13)11-6-4-3-5-7-11/h9-10H,3-8H2,1-2H3. The van der Waals surface area contributed by atoms with Gasteiger partial charge in [-0.25, -0.2) is 4.72 Å². The van der Waals surface area contributed by atoms with E-state index in [0.717, 1.165) is 19.3 Å². The molecule has 1 aliphatic rings. The second kappa shape index (κ2) is 5.09. The highest BCUT2D eigenvalue weighted by atomic mass is 32.2. The highest BCUT2D eigenvalue weighted by Gasteiger charge is 2.23. The van der Waals surface area contributed by atoms with Gasteiger partial charge in [0.05, 0.1) is 0 Å². The summed E-state index contributed by atoms with van der Waals surface area (Å²) >= 11 is 0. The highest BCUT2D eigenvalue weighted by Crippen LogP contribution is 2.11. The molecule has 1 rings (SSSR count). The van der Waals surface area contributed by atoms with E-state index in [1.807, 2.05) is 13.8 Å². The third-order valence-corrected chi connectivity index (χ3v) is 3.91. The average molecular weight is 220 g/mol. The monoisotopic (exact) mass is 220 g/mol. The molecule has 0 aromatic heterocycles. The Morgan fingerprint density at radius 2 is 1.79 bits per heavy atom. The second-order valence-corrected chi connectivity index (χ2v) is 5.96. The molecule has 0 bridgehead atoms. The van der Waals surface area contributed by atoms with Crippen molar-refractivity contribution in [1.82, 2.24) is 9.03 Å². The van der Waals surface area contributed by atoms with Crippen LogP contribution in [-0.2, 0) is 10.2 Å². The molecule has 0 saturated carbocycles. The minimum Gasteiger partial charge on any atom is -0.202 e. The fourth-order valence-corrected chi connectivity index (χ4v) is 2.93. The summed E-state index contributed by atoms with van der Waals surface area (Å²) in [6.45, 7) is 5.87. The topological polar surface area (TPSA) is 49.4 Å². The van der Waals surface area contributed by atoms with E-state index < -0.39 is 10.2 Å². The van der Waals surface area contributed by atoms with Crippen LogP contribution in [0.5, 0.6) is 0 Å². The van der Waals surface area contributed by atoms with Crippen molar-refractivity contribution in [2.45, 2.75) is 33.1 Å². The van der Waals surface area contributed by atoms with Crippen LogP contribution in [0.1, 0.15) is 33.1 Å². The zero-order chi connectivity index (χ0) is 10.6. The largest absolute Gasteiger partial charge is 0.279 e. The number of rotatable bonds is 4. The number of hydrogen-bond donors (Lipinski definition) is 1. The number of hydrogen-bond acceptors (Lipinski definition) is 2. The maximum Gasteiger partial charge on any atom is 0.279 e. The van der Waals surface area contributed by atoms with Crippen LogP contribution in [-0.4, -0.2) is 32.4 Å². The summed E-state index contributed by atoms with van der Waals surface area (Å²) in [5, 5.41) is 0. The first-order chi connectivity index (χ1) is 6.52. The zero-order valence-electron chi connectivity index (χ0n) is 8.99. The Morgan fingerprint density at radius 3 is 2.29 bits per heavy atom. The molecule has 1 N–H and O–H groups in total. The van der Waals surface area contributed by atoms with Crippen molar-refractivity contribution >= 4 is 10.2 Å². The Balaban J connectivity index is 2.46. The van der Waals surface area contributed by atoms with Gasteiger partial charge in [-0.05, 0) is 18.8 Å². The summed E-state index contributed by atoms with van der Waals surface area (Å²) < 4.78 is 27.6. The van der Waals surface area contributed by atoms with Crippen LogP contribution in [0.15, 0.2) is 0 Å². The summed E-state index contributed by atoms with van der Waals surface area (Å²) in [5.41, 5.74) is 0. The minimum absolute atomic E-state index is 0.356. The fourth-order valence-electron chi connectivity index (χ4n) is 1.47. The van der Waals surface area contributed by atoms with Gasteiger partial charge in [0.1, 0.15) is 0 Å². The van der Waals surface area contributed by atoms with Gasteiger partial charge in [0, 0.05) is 19.6 Å². The van der Waals surface area contributed by atoms with Crippen LogP contribution < -0.4 is 4.72 Å². The third kappa shape index (κ3) is 3.55. The van der Waals surface area contributed by atoms with Crippen LogP contribution in [0.3, 0.4) is 0 Å². The van der Waals surface area contributed by atoms with Crippen LogP contribution >= 0.6 is 0 Å². The van der Waals surface area contributed by atoms with Gasteiger partial charge in [-0.3, -0.25) is 0 Å². The Morgan fingerprint density at radius 1 is 1.21 bits per heavy atom. The zero-order valence-corrected chi connectivity index (χ0v) is 9.81. The van der Waals surface area contributed by atoms with Gasteiger partial charge in [0.2, 0.25) is 0 Å². The maximum atomic E-state index is 11.7. The molecule has 0 atom stereocenters. The molecule has 1 heterocycles. The minimum atomic E-state index is -3.20. The highest BCUT2D eigenvalue weighted by molar-refractivity contribution is 7.87. The quantitative estimate of drug-likeness (QED) is 0.767. The van der Waals surface area contributed by atoms with E-state index in [1.165, 1.54) is 0 Å². The molecule has 1 aliphatic heterocycles. The van der Waals surface area contributed by atoms with Gasteiger partial charge in [-0.15, -0.1) is 0 Å². The molecule has 4 nitrogen and oxygen atoms in total.